The number of rotatable bonds is 4. The van der Waals surface area contributed by atoms with Gasteiger partial charge in [-0.2, -0.15) is 0 Å². The number of carbonyl (C=O) groups is 1. The first-order chi connectivity index (χ1) is 7.58. The van der Waals surface area contributed by atoms with Gasteiger partial charge in [-0.1, -0.05) is 13.8 Å². The van der Waals surface area contributed by atoms with E-state index in [0.29, 0.717) is 24.5 Å². The van der Waals surface area contributed by atoms with Crippen molar-refractivity contribution in [1.29, 1.82) is 0 Å². The molecule has 1 saturated heterocycles. The van der Waals surface area contributed by atoms with Crippen LogP contribution in [0.1, 0.15) is 33.6 Å². The Balaban J connectivity index is 2.07. The van der Waals surface area contributed by atoms with Crippen LogP contribution in [0.5, 0.6) is 0 Å². The van der Waals surface area contributed by atoms with Crippen molar-refractivity contribution in [2.75, 3.05) is 19.7 Å². The fourth-order valence-electron chi connectivity index (χ4n) is 1.75. The van der Waals surface area contributed by atoms with Gasteiger partial charge < -0.3 is 15.4 Å². The molecule has 4 nitrogen and oxygen atoms in total. The maximum Gasteiger partial charge on any atom is 0.407 e. The summed E-state index contributed by atoms with van der Waals surface area (Å²) in [7, 11) is 0. The standard InChI is InChI=1S/C12H24N2O2/c1-9(2)8-16-12(15)14-7-11-5-4-10(3)13-6-11/h9-11,13H,4-8H2,1-3H3,(H,14,15). The highest BCUT2D eigenvalue weighted by Gasteiger charge is 2.18. The van der Waals surface area contributed by atoms with Crippen molar-refractivity contribution in [2.45, 2.75) is 39.7 Å². The van der Waals surface area contributed by atoms with Crippen LogP contribution < -0.4 is 10.6 Å². The quantitative estimate of drug-likeness (QED) is 0.771. The van der Waals surface area contributed by atoms with Gasteiger partial charge in [0.05, 0.1) is 6.61 Å². The Kier molecular flexibility index (Phi) is 5.60. The Labute approximate surface area is 98.1 Å². The summed E-state index contributed by atoms with van der Waals surface area (Å²) in [5.41, 5.74) is 0. The second-order valence-corrected chi connectivity index (χ2v) is 5.13. The number of ether oxygens (including phenoxy) is 1. The molecule has 0 radical (unpaired) electrons. The summed E-state index contributed by atoms with van der Waals surface area (Å²) >= 11 is 0. The minimum absolute atomic E-state index is 0.285. The Morgan fingerprint density at radius 3 is 2.81 bits per heavy atom. The van der Waals surface area contributed by atoms with Gasteiger partial charge in [0.15, 0.2) is 0 Å². The molecule has 0 bridgehead atoms. The van der Waals surface area contributed by atoms with Crippen LogP contribution in [-0.4, -0.2) is 31.8 Å². The molecular weight excluding hydrogens is 204 g/mol. The van der Waals surface area contributed by atoms with E-state index in [2.05, 4.69) is 17.6 Å². The lowest BCUT2D eigenvalue weighted by atomic mass is 9.95. The Morgan fingerprint density at radius 1 is 1.50 bits per heavy atom. The van der Waals surface area contributed by atoms with Crippen LogP contribution in [0.4, 0.5) is 4.79 Å². The Bertz CT molecular complexity index is 211. The van der Waals surface area contributed by atoms with Crippen LogP contribution in [0.2, 0.25) is 0 Å². The maximum absolute atomic E-state index is 11.3. The SMILES string of the molecule is CC(C)COC(=O)NCC1CCC(C)NC1. The van der Waals surface area contributed by atoms with Gasteiger partial charge in [-0.25, -0.2) is 4.79 Å². The van der Waals surface area contributed by atoms with E-state index in [9.17, 15) is 4.79 Å². The zero-order chi connectivity index (χ0) is 12.0. The summed E-state index contributed by atoms with van der Waals surface area (Å²) in [6.45, 7) is 8.45. The molecule has 0 aromatic carbocycles. The van der Waals surface area contributed by atoms with Gasteiger partial charge in [0, 0.05) is 12.6 Å². The van der Waals surface area contributed by atoms with Crippen LogP contribution in [-0.2, 0) is 4.74 Å². The first-order valence-electron chi connectivity index (χ1n) is 6.22. The normalized spacial score (nSPS) is 25.5. The third kappa shape index (κ3) is 5.35. The lowest BCUT2D eigenvalue weighted by molar-refractivity contribution is 0.130. The second kappa shape index (κ2) is 6.74. The highest BCUT2D eigenvalue weighted by molar-refractivity contribution is 5.67. The monoisotopic (exact) mass is 228 g/mol. The highest BCUT2D eigenvalue weighted by atomic mass is 16.5. The minimum Gasteiger partial charge on any atom is -0.449 e. The number of piperidine rings is 1. The summed E-state index contributed by atoms with van der Waals surface area (Å²) in [5, 5.41) is 6.24. The van der Waals surface area contributed by atoms with E-state index >= 15 is 0 Å². The fourth-order valence-corrected chi connectivity index (χ4v) is 1.75. The van der Waals surface area contributed by atoms with Crippen molar-refractivity contribution in [3.8, 4) is 0 Å². The van der Waals surface area contributed by atoms with Gasteiger partial charge in [-0.05, 0) is 38.1 Å². The van der Waals surface area contributed by atoms with E-state index in [1.807, 2.05) is 13.8 Å². The highest BCUT2D eigenvalue weighted by Crippen LogP contribution is 2.12. The summed E-state index contributed by atoms with van der Waals surface area (Å²) < 4.78 is 5.05. The predicted octanol–water partition coefficient (Wildman–Crippen LogP) is 1.76. The molecule has 0 aromatic heterocycles. The third-order valence-corrected chi connectivity index (χ3v) is 2.85. The third-order valence-electron chi connectivity index (χ3n) is 2.85. The molecule has 1 heterocycles. The maximum atomic E-state index is 11.3. The van der Waals surface area contributed by atoms with Crippen LogP contribution in [0.3, 0.4) is 0 Å². The van der Waals surface area contributed by atoms with Crippen LogP contribution in [0.15, 0.2) is 0 Å². The molecule has 0 aromatic rings. The van der Waals surface area contributed by atoms with Crippen molar-refractivity contribution < 1.29 is 9.53 Å². The van der Waals surface area contributed by atoms with Crippen molar-refractivity contribution >= 4 is 6.09 Å². The average Bonchev–Trinajstić information content (AvgIpc) is 2.25. The lowest BCUT2D eigenvalue weighted by Gasteiger charge is -2.27. The average molecular weight is 228 g/mol. The molecule has 2 N–H and O–H groups in total. The van der Waals surface area contributed by atoms with Gasteiger partial charge in [-0.15, -0.1) is 0 Å². The summed E-state index contributed by atoms with van der Waals surface area (Å²) in [4.78, 5) is 11.3. The van der Waals surface area contributed by atoms with Gasteiger partial charge in [0.1, 0.15) is 0 Å². The summed E-state index contributed by atoms with van der Waals surface area (Å²) in [5.74, 6) is 0.936. The van der Waals surface area contributed by atoms with Crippen LogP contribution >= 0.6 is 0 Å². The minimum atomic E-state index is -0.285. The fraction of sp³-hybridized carbons (Fsp3) is 0.917. The van der Waals surface area contributed by atoms with E-state index in [1.54, 1.807) is 0 Å². The van der Waals surface area contributed by atoms with E-state index < -0.39 is 0 Å². The van der Waals surface area contributed by atoms with Crippen molar-refractivity contribution in [1.82, 2.24) is 10.6 Å². The second-order valence-electron chi connectivity index (χ2n) is 5.13. The van der Waals surface area contributed by atoms with Crippen molar-refractivity contribution in [3.63, 3.8) is 0 Å². The molecule has 16 heavy (non-hydrogen) atoms. The lowest BCUT2D eigenvalue weighted by Crippen LogP contribution is -2.42. The number of alkyl carbamates (subject to hydrolysis) is 1. The van der Waals surface area contributed by atoms with Gasteiger partial charge in [0.25, 0.3) is 0 Å². The van der Waals surface area contributed by atoms with Gasteiger partial charge >= 0.3 is 6.09 Å². The van der Waals surface area contributed by atoms with E-state index in [-0.39, 0.29) is 6.09 Å². The summed E-state index contributed by atoms with van der Waals surface area (Å²) in [6.07, 6.45) is 2.08. The number of hydrogen-bond acceptors (Lipinski definition) is 3. The van der Waals surface area contributed by atoms with Crippen molar-refractivity contribution in [2.24, 2.45) is 11.8 Å². The molecule has 0 saturated carbocycles. The molecule has 1 rings (SSSR count). The molecule has 94 valence electrons. The smallest absolute Gasteiger partial charge is 0.407 e. The number of hydrogen-bond donors (Lipinski definition) is 2. The molecule has 2 atom stereocenters. The molecule has 1 aliphatic rings. The Hall–Kier alpha value is -0.770. The van der Waals surface area contributed by atoms with Crippen LogP contribution in [0, 0.1) is 11.8 Å². The van der Waals surface area contributed by atoms with Gasteiger partial charge in [-0.3, -0.25) is 0 Å². The zero-order valence-electron chi connectivity index (χ0n) is 10.6. The number of carbonyl (C=O) groups excluding carboxylic acids is 1. The first kappa shape index (κ1) is 13.3. The van der Waals surface area contributed by atoms with E-state index in [4.69, 9.17) is 4.74 Å². The molecule has 0 spiro atoms. The van der Waals surface area contributed by atoms with Gasteiger partial charge in [0.2, 0.25) is 0 Å². The largest absolute Gasteiger partial charge is 0.449 e. The molecular formula is C12H24N2O2. The number of nitrogens with one attached hydrogen (secondary N) is 2. The molecule has 2 unspecified atom stereocenters. The van der Waals surface area contributed by atoms with Crippen molar-refractivity contribution in [3.05, 3.63) is 0 Å². The predicted molar refractivity (Wildman–Crippen MR) is 64.4 cm³/mol. The number of amides is 1. The van der Waals surface area contributed by atoms with Crippen LogP contribution in [0.25, 0.3) is 0 Å². The molecule has 0 aliphatic carbocycles. The Morgan fingerprint density at radius 2 is 2.25 bits per heavy atom. The topological polar surface area (TPSA) is 50.4 Å². The molecule has 4 heteroatoms. The molecule has 1 amide bonds. The first-order valence-corrected chi connectivity index (χ1v) is 6.22. The van der Waals surface area contributed by atoms with E-state index in [1.165, 1.54) is 12.8 Å². The summed E-state index contributed by atoms with van der Waals surface area (Å²) in [6, 6.07) is 0.615. The van der Waals surface area contributed by atoms with E-state index in [0.717, 1.165) is 13.1 Å². The molecule has 1 fully saturated rings. The zero-order valence-corrected chi connectivity index (χ0v) is 10.6. The molecule has 1 aliphatic heterocycles.